The van der Waals surface area contributed by atoms with Crippen molar-refractivity contribution in [3.63, 3.8) is 0 Å². The highest BCUT2D eigenvalue weighted by Gasteiger charge is 2.45. The molecule has 17 heavy (non-hydrogen) atoms. The molecule has 15 heteroatoms. The van der Waals surface area contributed by atoms with E-state index in [0.29, 0.717) is 3.96 Å². The predicted molar refractivity (Wildman–Crippen MR) is 68.1 cm³/mol. The molecule has 0 aromatic heterocycles. The lowest BCUT2D eigenvalue weighted by molar-refractivity contribution is -0.152. The molecule has 0 spiro atoms. The van der Waals surface area contributed by atoms with Crippen molar-refractivity contribution in [2.75, 3.05) is 6.61 Å². The molecule has 1 rings (SSSR count). The van der Waals surface area contributed by atoms with Gasteiger partial charge in [0.1, 0.15) is 0 Å². The van der Waals surface area contributed by atoms with Crippen LogP contribution in [0.1, 0.15) is 0 Å². The first-order chi connectivity index (χ1) is 7.57. The Morgan fingerprint density at radius 2 is 1.82 bits per heavy atom. The van der Waals surface area contributed by atoms with Crippen LogP contribution in [-0.2, 0) is 4.52 Å². The second kappa shape index (κ2) is 6.32. The van der Waals surface area contributed by atoms with Gasteiger partial charge in [-0.15, -0.1) is 3.96 Å². The van der Waals surface area contributed by atoms with Crippen molar-refractivity contribution >= 4 is 79.2 Å². The molecule has 4 nitrogen and oxygen atoms in total. The van der Waals surface area contributed by atoms with Crippen LogP contribution in [0.3, 0.4) is 0 Å². The van der Waals surface area contributed by atoms with Gasteiger partial charge in [-0.3, -0.25) is 0 Å². The molecule has 0 bridgehead atoms. The van der Waals surface area contributed by atoms with Gasteiger partial charge in [0, 0.05) is 0 Å². The Balaban J connectivity index is 2.89. The largest absolute Gasteiger partial charge is 0.412 e. The van der Waals surface area contributed by atoms with Gasteiger partial charge in [0.2, 0.25) is 7.58 Å². The monoisotopic (exact) mass is 409 g/mol. The van der Waals surface area contributed by atoms with Gasteiger partial charge in [-0.05, 0) is 46.0 Å². The summed E-state index contributed by atoms with van der Waals surface area (Å²) in [6, 6.07) is 0. The molecule has 0 saturated heterocycles. The van der Waals surface area contributed by atoms with Gasteiger partial charge >= 0.3 is 6.18 Å². The minimum atomic E-state index is -4.56. The van der Waals surface area contributed by atoms with E-state index in [2.05, 4.69) is 9.04 Å². The minimum Gasteiger partial charge on any atom is -0.310 e. The molecule has 102 valence electrons. The third kappa shape index (κ3) is 4.61. The molecular weight excluding hydrogens is 409 g/mol. The van der Waals surface area contributed by atoms with Crippen LogP contribution in [0.5, 0.6) is 0 Å². The van der Waals surface area contributed by atoms with Gasteiger partial charge in [-0.1, -0.05) is 15.2 Å². The van der Waals surface area contributed by atoms with E-state index in [1.54, 1.807) is 0 Å². The van der Waals surface area contributed by atoms with E-state index in [1.165, 1.54) is 0 Å². The molecule has 0 aliphatic carbocycles. The standard InChI is InChI=1S/C2H2Cl5F3N3OP3/c3-12-15(5)11-17(7,13(4)16(12)6)14-1-2(8,9)10/h1H2. The number of alkyl halides is 3. The Bertz CT molecular complexity index is 344. The van der Waals surface area contributed by atoms with Crippen LogP contribution < -0.4 is 0 Å². The Hall–Kier alpha value is 2.21. The van der Waals surface area contributed by atoms with Crippen LogP contribution in [0, 0.1) is 0 Å². The summed E-state index contributed by atoms with van der Waals surface area (Å²) in [5.41, 5.74) is 0. The first-order valence-electron chi connectivity index (χ1n) is 3.44. The van der Waals surface area contributed by atoms with Crippen molar-refractivity contribution in [1.29, 1.82) is 0 Å². The topological polar surface area (TPSA) is 28.1 Å². The van der Waals surface area contributed by atoms with Crippen molar-refractivity contribution in [3.05, 3.63) is 0 Å². The molecule has 0 aromatic rings. The number of halogens is 8. The highest BCUT2D eigenvalue weighted by molar-refractivity contribution is 8.06. The highest BCUT2D eigenvalue weighted by Crippen LogP contribution is 2.84. The van der Waals surface area contributed by atoms with Gasteiger partial charge in [0.25, 0.3) is 6.78 Å². The van der Waals surface area contributed by atoms with Gasteiger partial charge in [0.15, 0.2) is 14.2 Å². The van der Waals surface area contributed by atoms with Crippen LogP contribution >= 0.6 is 79.2 Å². The van der Waals surface area contributed by atoms with E-state index in [0.717, 1.165) is 3.96 Å². The van der Waals surface area contributed by atoms with Crippen molar-refractivity contribution in [2.45, 2.75) is 6.18 Å². The van der Waals surface area contributed by atoms with Crippen molar-refractivity contribution < 1.29 is 17.7 Å². The number of hydrogen-bond acceptors (Lipinski definition) is 4. The molecule has 1 aliphatic rings. The molecule has 0 amide bonds. The second-order valence-electron chi connectivity index (χ2n) is 2.41. The van der Waals surface area contributed by atoms with Gasteiger partial charge < -0.3 is 4.52 Å². The molecule has 0 aromatic carbocycles. The maximum Gasteiger partial charge on any atom is 0.412 e. The molecule has 1 heterocycles. The van der Waals surface area contributed by atoms with E-state index >= 15 is 0 Å². The van der Waals surface area contributed by atoms with Crippen molar-refractivity contribution in [1.82, 2.24) is 7.92 Å². The van der Waals surface area contributed by atoms with Crippen LogP contribution in [0.15, 0.2) is 4.52 Å². The summed E-state index contributed by atoms with van der Waals surface area (Å²) in [5, 5.41) is 0. The summed E-state index contributed by atoms with van der Waals surface area (Å²) in [4.78, 5) is 0. The zero-order valence-electron chi connectivity index (χ0n) is 7.32. The summed E-state index contributed by atoms with van der Waals surface area (Å²) in [6.07, 6.45) is -4.56. The van der Waals surface area contributed by atoms with E-state index in [4.69, 9.17) is 57.3 Å². The quantitative estimate of drug-likeness (QED) is 0.378. The molecule has 3 atom stereocenters. The van der Waals surface area contributed by atoms with Gasteiger partial charge in [0.05, 0.1) is 0 Å². The molecule has 1 aliphatic heterocycles. The SMILES string of the molecule is FC(F)(F)COP1(Cl)=NP(Cl)N(Cl)P(Cl)N1Cl. The third-order valence-electron chi connectivity index (χ3n) is 1.19. The predicted octanol–water partition coefficient (Wildman–Crippen LogP) is 6.61. The normalized spacial score (nSPS) is 36.9. The molecule has 0 N–H and O–H groups in total. The molecule has 0 radical (unpaired) electrons. The Morgan fingerprint density at radius 1 is 1.29 bits per heavy atom. The third-order valence-corrected chi connectivity index (χ3v) is 14.0. The van der Waals surface area contributed by atoms with Crippen molar-refractivity contribution in [3.8, 4) is 0 Å². The van der Waals surface area contributed by atoms with E-state index in [1.807, 2.05) is 0 Å². The highest BCUT2D eigenvalue weighted by atomic mass is 35.7. The second-order valence-corrected chi connectivity index (χ2v) is 12.3. The number of hydrogen-bond donors (Lipinski definition) is 0. The Kier molecular flexibility index (Phi) is 6.42. The molecule has 0 fully saturated rings. The molecule has 0 saturated carbocycles. The first-order valence-corrected chi connectivity index (χ1v) is 10.9. The number of rotatable bonds is 2. The zero-order valence-corrected chi connectivity index (χ0v) is 13.8. The van der Waals surface area contributed by atoms with E-state index in [-0.39, 0.29) is 0 Å². The van der Waals surface area contributed by atoms with Crippen LogP contribution in [0.2, 0.25) is 0 Å². The minimum absolute atomic E-state index is 0.658. The smallest absolute Gasteiger partial charge is 0.310 e. The summed E-state index contributed by atoms with van der Waals surface area (Å²) >= 11 is 28.5. The Labute approximate surface area is 122 Å². The van der Waals surface area contributed by atoms with Crippen LogP contribution in [0.4, 0.5) is 13.2 Å². The fraction of sp³-hybridized carbons (Fsp3) is 1.00. The molecular formula is C2H2Cl5F3N3OP3. The van der Waals surface area contributed by atoms with E-state index in [9.17, 15) is 13.2 Å². The maximum atomic E-state index is 12.0. The molecule has 3 unspecified atom stereocenters. The fourth-order valence-corrected chi connectivity index (χ4v) is 11.8. The lowest BCUT2D eigenvalue weighted by atomic mass is 10.7. The van der Waals surface area contributed by atoms with Crippen LogP contribution in [0.25, 0.3) is 0 Å². The summed E-state index contributed by atoms with van der Waals surface area (Å²) in [5.74, 6) is 0. The summed E-state index contributed by atoms with van der Waals surface area (Å²) in [6.45, 7) is -5.15. The average molecular weight is 411 g/mol. The van der Waals surface area contributed by atoms with E-state index < -0.39 is 34.7 Å². The number of nitrogens with zero attached hydrogens (tertiary/aromatic N) is 3. The zero-order chi connectivity index (χ0) is 13.4. The summed E-state index contributed by atoms with van der Waals surface area (Å²) in [7, 11) is -3.75. The van der Waals surface area contributed by atoms with Gasteiger partial charge in [-0.2, -0.15) is 17.7 Å². The lowest BCUT2D eigenvalue weighted by Gasteiger charge is -2.36. The van der Waals surface area contributed by atoms with Gasteiger partial charge in [-0.25, -0.2) is 0 Å². The van der Waals surface area contributed by atoms with Crippen molar-refractivity contribution in [2.24, 2.45) is 4.52 Å². The Morgan fingerprint density at radius 3 is 2.29 bits per heavy atom. The van der Waals surface area contributed by atoms with Crippen LogP contribution in [-0.4, -0.2) is 20.7 Å². The first kappa shape index (κ1) is 17.3. The fourth-order valence-electron chi connectivity index (χ4n) is 0.599. The summed E-state index contributed by atoms with van der Waals surface area (Å²) < 4.78 is 45.7. The average Bonchev–Trinajstić information content (AvgIpc) is 2.20. The maximum absolute atomic E-state index is 12.0. The lowest BCUT2D eigenvalue weighted by Crippen LogP contribution is -2.18.